The molecule has 1 aromatic rings. The summed E-state index contributed by atoms with van der Waals surface area (Å²) in [6.45, 7) is 11.0. The van der Waals surface area contributed by atoms with Crippen molar-refractivity contribution in [3.05, 3.63) is 35.7 Å². The molecule has 1 saturated heterocycles. The molecule has 1 radical (unpaired) electrons. The molecular weight excluding hydrogens is 298 g/mol. The lowest BCUT2D eigenvalue weighted by Crippen LogP contribution is -2.55. The zero-order valence-electron chi connectivity index (χ0n) is 13.8. The van der Waals surface area contributed by atoms with Gasteiger partial charge in [0.05, 0.1) is 0 Å². The van der Waals surface area contributed by atoms with Crippen molar-refractivity contribution < 1.29 is 8.42 Å². The summed E-state index contributed by atoms with van der Waals surface area (Å²) < 4.78 is 29.2. The van der Waals surface area contributed by atoms with Gasteiger partial charge < -0.3 is 0 Å². The molecule has 0 amide bonds. The van der Waals surface area contributed by atoms with Gasteiger partial charge in [-0.25, -0.2) is 0 Å². The van der Waals surface area contributed by atoms with Gasteiger partial charge in [0.25, 0.3) is 0 Å². The van der Waals surface area contributed by atoms with E-state index in [1.54, 1.807) is 16.4 Å². The summed E-state index contributed by atoms with van der Waals surface area (Å²) in [6, 6.07) is 7.61. The van der Waals surface area contributed by atoms with Crippen LogP contribution >= 0.6 is 0 Å². The summed E-state index contributed by atoms with van der Waals surface area (Å²) in [5.74, 6) is 1.35. The van der Waals surface area contributed by atoms with Gasteiger partial charge in [-0.05, 0) is 31.9 Å². The molecule has 6 heteroatoms. The van der Waals surface area contributed by atoms with Crippen LogP contribution in [0.1, 0.15) is 26.3 Å². The highest BCUT2D eigenvalue weighted by Crippen LogP contribution is 2.18. The Morgan fingerprint density at radius 3 is 2.41 bits per heavy atom. The number of nitrogens with zero attached hydrogens (tertiary/aromatic N) is 2. The average Bonchev–Trinajstić information content (AvgIpc) is 2.43. The summed E-state index contributed by atoms with van der Waals surface area (Å²) in [4.78, 5) is 2.33. The normalized spacial score (nSPS) is 21.2. The highest BCUT2D eigenvalue weighted by Gasteiger charge is 2.31. The van der Waals surface area contributed by atoms with Crippen molar-refractivity contribution in [2.75, 3.05) is 30.9 Å². The van der Waals surface area contributed by atoms with E-state index >= 15 is 0 Å². The Labute approximate surface area is 134 Å². The predicted molar refractivity (Wildman–Crippen MR) is 90.9 cm³/mol. The third-order valence-corrected chi connectivity index (χ3v) is 5.39. The molecule has 0 aliphatic carbocycles. The van der Waals surface area contributed by atoms with Crippen molar-refractivity contribution >= 4 is 15.9 Å². The minimum atomic E-state index is -3.48. The Bertz CT molecular complexity index is 584. The standard InChI is InChI=1S/C16H26N3O2S/c1-13(2)11-18-9-10-19(12-15(18)4)22(20,21)17-16-7-5-14(3)6-8-16/h5-8,15,17H,9-12H2,1-4H3/t15-/m0/s1. The fraction of sp³-hybridized carbons (Fsp3) is 0.562. The third-order valence-electron chi connectivity index (χ3n) is 3.89. The summed E-state index contributed by atoms with van der Waals surface area (Å²) in [7, 11) is -3.48. The number of nitrogens with one attached hydrogen (secondary N) is 1. The Morgan fingerprint density at radius 1 is 1.23 bits per heavy atom. The van der Waals surface area contributed by atoms with Gasteiger partial charge in [0.2, 0.25) is 0 Å². The highest BCUT2D eigenvalue weighted by molar-refractivity contribution is 7.90. The maximum absolute atomic E-state index is 12.5. The van der Waals surface area contributed by atoms with Crippen LogP contribution in [0.5, 0.6) is 0 Å². The van der Waals surface area contributed by atoms with E-state index in [0.29, 0.717) is 18.8 Å². The molecule has 1 atom stereocenters. The number of rotatable bonds is 5. The van der Waals surface area contributed by atoms with Crippen LogP contribution in [0.3, 0.4) is 0 Å². The molecule has 0 spiro atoms. The maximum atomic E-state index is 12.5. The van der Waals surface area contributed by atoms with Crippen molar-refractivity contribution in [3.63, 3.8) is 0 Å². The van der Waals surface area contributed by atoms with Crippen LogP contribution < -0.4 is 4.72 Å². The number of anilines is 1. The van der Waals surface area contributed by atoms with Gasteiger partial charge >= 0.3 is 10.2 Å². The van der Waals surface area contributed by atoms with Crippen molar-refractivity contribution in [2.45, 2.75) is 33.7 Å². The quantitative estimate of drug-likeness (QED) is 0.904. The molecule has 123 valence electrons. The minimum absolute atomic E-state index is 0.221. The van der Waals surface area contributed by atoms with Crippen LogP contribution in [0.2, 0.25) is 0 Å². The third kappa shape index (κ3) is 4.44. The molecule has 1 aliphatic rings. The number of aryl methyl sites for hydroxylation is 1. The Kier molecular flexibility index (Phi) is 5.47. The highest BCUT2D eigenvalue weighted by atomic mass is 32.2. The first-order valence-corrected chi connectivity index (χ1v) is 9.09. The SMILES string of the molecule is C[C](C)CN1CCN(S(=O)(=O)Nc2ccc(C)cc2)C[C@@H]1C. The molecule has 1 aromatic carbocycles. The van der Waals surface area contributed by atoms with Crippen molar-refractivity contribution in [1.29, 1.82) is 0 Å². The van der Waals surface area contributed by atoms with Gasteiger partial charge in [-0.2, -0.15) is 12.7 Å². The molecule has 0 saturated carbocycles. The Hall–Kier alpha value is -1.11. The first-order valence-electron chi connectivity index (χ1n) is 7.65. The molecule has 0 aromatic heterocycles. The second-order valence-electron chi connectivity index (χ2n) is 6.36. The van der Waals surface area contributed by atoms with Crippen LogP contribution in [0, 0.1) is 12.8 Å². The van der Waals surface area contributed by atoms with Crippen LogP contribution in [0.15, 0.2) is 24.3 Å². The number of hydrogen-bond acceptors (Lipinski definition) is 3. The first-order chi connectivity index (χ1) is 10.3. The van der Waals surface area contributed by atoms with E-state index in [1.807, 2.05) is 19.1 Å². The molecule has 5 nitrogen and oxygen atoms in total. The number of piperazine rings is 1. The summed E-state index contributed by atoms with van der Waals surface area (Å²) in [6.07, 6.45) is 0. The smallest absolute Gasteiger partial charge is 0.297 e. The second kappa shape index (κ2) is 6.98. The molecule has 0 unspecified atom stereocenters. The van der Waals surface area contributed by atoms with Gasteiger partial charge in [0, 0.05) is 37.9 Å². The molecule has 1 N–H and O–H groups in total. The lowest BCUT2D eigenvalue weighted by atomic mass is 10.1. The molecule has 2 rings (SSSR count). The predicted octanol–water partition coefficient (Wildman–Crippen LogP) is 2.27. The van der Waals surface area contributed by atoms with E-state index in [-0.39, 0.29) is 6.04 Å². The largest absolute Gasteiger partial charge is 0.301 e. The molecule has 1 aliphatic heterocycles. The van der Waals surface area contributed by atoms with E-state index in [2.05, 4.69) is 30.4 Å². The van der Waals surface area contributed by atoms with E-state index in [1.165, 1.54) is 5.92 Å². The zero-order valence-corrected chi connectivity index (χ0v) is 14.7. The van der Waals surface area contributed by atoms with Crippen LogP contribution in [0.4, 0.5) is 5.69 Å². The van der Waals surface area contributed by atoms with Crippen molar-refractivity contribution in [2.24, 2.45) is 0 Å². The first kappa shape index (κ1) is 17.2. The maximum Gasteiger partial charge on any atom is 0.301 e. The number of benzene rings is 1. The summed E-state index contributed by atoms with van der Waals surface area (Å²) in [5.41, 5.74) is 1.72. The topological polar surface area (TPSA) is 52.7 Å². The Balaban J connectivity index is 2.00. The molecule has 22 heavy (non-hydrogen) atoms. The van der Waals surface area contributed by atoms with Crippen LogP contribution in [-0.2, 0) is 10.2 Å². The van der Waals surface area contributed by atoms with Crippen molar-refractivity contribution in [1.82, 2.24) is 9.21 Å². The summed E-state index contributed by atoms with van der Waals surface area (Å²) in [5, 5.41) is 0. The second-order valence-corrected chi connectivity index (χ2v) is 8.03. The lowest BCUT2D eigenvalue weighted by molar-refractivity contribution is 0.135. The van der Waals surface area contributed by atoms with Gasteiger partial charge in [0.1, 0.15) is 0 Å². The monoisotopic (exact) mass is 324 g/mol. The van der Waals surface area contributed by atoms with Gasteiger partial charge in [0.15, 0.2) is 0 Å². The van der Waals surface area contributed by atoms with Crippen LogP contribution in [0.25, 0.3) is 0 Å². The van der Waals surface area contributed by atoms with Crippen LogP contribution in [-0.4, -0.2) is 49.8 Å². The summed E-state index contributed by atoms with van der Waals surface area (Å²) >= 11 is 0. The van der Waals surface area contributed by atoms with E-state index in [4.69, 9.17) is 0 Å². The lowest BCUT2D eigenvalue weighted by Gasteiger charge is -2.39. The van der Waals surface area contributed by atoms with Gasteiger partial charge in [-0.15, -0.1) is 0 Å². The molecule has 1 fully saturated rings. The molecule has 1 heterocycles. The van der Waals surface area contributed by atoms with E-state index in [0.717, 1.165) is 18.7 Å². The van der Waals surface area contributed by atoms with Gasteiger partial charge in [-0.3, -0.25) is 9.62 Å². The fourth-order valence-corrected chi connectivity index (χ4v) is 3.95. The van der Waals surface area contributed by atoms with E-state index < -0.39 is 10.2 Å². The van der Waals surface area contributed by atoms with Gasteiger partial charge in [-0.1, -0.05) is 31.5 Å². The molecular formula is C16H26N3O2S. The molecule has 0 bridgehead atoms. The Morgan fingerprint density at radius 2 is 1.86 bits per heavy atom. The zero-order chi connectivity index (χ0) is 16.3. The fourth-order valence-electron chi connectivity index (χ4n) is 2.66. The van der Waals surface area contributed by atoms with Crippen molar-refractivity contribution in [3.8, 4) is 0 Å². The minimum Gasteiger partial charge on any atom is -0.297 e. The number of hydrogen-bond donors (Lipinski definition) is 1. The van der Waals surface area contributed by atoms with E-state index in [9.17, 15) is 8.42 Å². The average molecular weight is 324 g/mol.